The van der Waals surface area contributed by atoms with E-state index in [2.05, 4.69) is 21.3 Å². The summed E-state index contributed by atoms with van der Waals surface area (Å²) in [6.45, 7) is 0.549. The van der Waals surface area contributed by atoms with Crippen molar-refractivity contribution >= 4 is 41.5 Å². The summed E-state index contributed by atoms with van der Waals surface area (Å²) in [5.41, 5.74) is 0. The molecule has 0 unspecified atom stereocenters. The van der Waals surface area contributed by atoms with Gasteiger partial charge in [-0.3, -0.25) is 28.8 Å². The molecule has 0 saturated carbocycles. The summed E-state index contributed by atoms with van der Waals surface area (Å²) in [6, 6.07) is -1.15. The van der Waals surface area contributed by atoms with Crippen molar-refractivity contribution in [3.63, 3.8) is 0 Å². The molecule has 0 aliphatic heterocycles. The Balaban J connectivity index is 3.66. The van der Waals surface area contributed by atoms with Gasteiger partial charge in [-0.15, -0.1) is 0 Å². The van der Waals surface area contributed by atoms with Crippen molar-refractivity contribution in [1.29, 1.82) is 0 Å². The molecule has 0 aliphatic carbocycles. The van der Waals surface area contributed by atoms with E-state index in [0.717, 1.165) is 44.9 Å². The molecule has 1 atom stereocenters. The van der Waals surface area contributed by atoms with Crippen LogP contribution in [0.2, 0.25) is 0 Å². The van der Waals surface area contributed by atoms with Gasteiger partial charge in [-0.2, -0.15) is 0 Å². The molecule has 0 heterocycles. The molecule has 0 saturated heterocycles. The largest absolute Gasteiger partial charge is 0.481 e. The molecule has 0 rings (SSSR count). The monoisotopic (exact) mass is 790 g/mol. The van der Waals surface area contributed by atoms with E-state index in [-0.39, 0.29) is 109 Å². The number of amides is 4. The van der Waals surface area contributed by atoms with E-state index in [9.17, 15) is 38.7 Å². The molecular weight excluding hydrogens is 724 g/mol. The van der Waals surface area contributed by atoms with Crippen molar-refractivity contribution in [2.75, 3.05) is 72.5 Å². The maximum atomic E-state index is 12.3. The molecule has 0 aromatic carbocycles. The zero-order valence-electron chi connectivity index (χ0n) is 32.4. The maximum Gasteiger partial charge on any atom is 0.326 e. The fraction of sp³-hybridized carbons (Fsp3) is 0.811. The van der Waals surface area contributed by atoms with E-state index in [1.54, 1.807) is 0 Å². The van der Waals surface area contributed by atoms with E-state index in [4.69, 9.17) is 29.2 Å². The molecule has 4 amide bonds. The Morgan fingerprint density at radius 3 is 1.29 bits per heavy atom. The number of rotatable bonds is 40. The normalized spacial score (nSPS) is 11.4. The number of aliphatic carboxylic acids is 3. The highest BCUT2D eigenvalue weighted by Gasteiger charge is 2.20. The molecule has 55 heavy (non-hydrogen) atoms. The Morgan fingerprint density at radius 1 is 0.418 bits per heavy atom. The first-order valence-electron chi connectivity index (χ1n) is 19.6. The second-order valence-electron chi connectivity index (χ2n) is 13.0. The standard InChI is InChI=1S/C37H66N4O14/c42-31(38-19-21-52-23-25-54-28-33(44)39-20-22-53-24-26-55-29-34(45)40-27-36(48)49)18-17-30(37(50)51)41-32(43)15-13-11-9-7-5-3-1-2-4-6-8-10-12-14-16-35(46)47/h30H,1-29H2,(H,38,42)(H,39,44)(H,40,45)(H,41,43)(H,46,47)(H,48,49)(H,50,51)/t30-/m0/s1. The van der Waals surface area contributed by atoms with Crippen molar-refractivity contribution < 1.29 is 67.8 Å². The Hall–Kier alpha value is -3.87. The molecule has 0 fully saturated rings. The lowest BCUT2D eigenvalue weighted by Gasteiger charge is -2.14. The van der Waals surface area contributed by atoms with Crippen molar-refractivity contribution in [1.82, 2.24) is 21.3 Å². The van der Waals surface area contributed by atoms with Crippen LogP contribution < -0.4 is 21.3 Å². The van der Waals surface area contributed by atoms with Gasteiger partial charge in [-0.25, -0.2) is 4.79 Å². The Bertz CT molecular complexity index is 1080. The van der Waals surface area contributed by atoms with Crippen LogP contribution in [0.15, 0.2) is 0 Å². The van der Waals surface area contributed by atoms with Gasteiger partial charge in [0.25, 0.3) is 0 Å². The quantitative estimate of drug-likeness (QED) is 0.0439. The predicted molar refractivity (Wildman–Crippen MR) is 200 cm³/mol. The first-order chi connectivity index (χ1) is 26.5. The number of carbonyl (C=O) groups is 7. The van der Waals surface area contributed by atoms with E-state index < -0.39 is 36.4 Å². The highest BCUT2D eigenvalue weighted by Crippen LogP contribution is 2.14. The first-order valence-corrected chi connectivity index (χ1v) is 19.6. The SMILES string of the molecule is O=C(O)CCCCCCCCCCCCCCCCC(=O)N[C@@H](CCC(=O)NCCOCCOCC(=O)NCCOCCOCC(=O)NCC(=O)O)C(=O)O. The number of carboxylic acid groups (broad SMARTS) is 3. The summed E-state index contributed by atoms with van der Waals surface area (Å²) in [5, 5.41) is 36.5. The summed E-state index contributed by atoms with van der Waals surface area (Å²) in [4.78, 5) is 79.9. The van der Waals surface area contributed by atoms with Crippen LogP contribution in [-0.4, -0.2) is 135 Å². The van der Waals surface area contributed by atoms with Crippen LogP contribution in [0.1, 0.15) is 116 Å². The number of hydrogen-bond acceptors (Lipinski definition) is 11. The lowest BCUT2D eigenvalue weighted by molar-refractivity contribution is -0.142. The molecule has 0 aromatic heterocycles. The van der Waals surface area contributed by atoms with Crippen LogP contribution in [0.3, 0.4) is 0 Å². The minimum atomic E-state index is -1.19. The molecule has 0 bridgehead atoms. The van der Waals surface area contributed by atoms with Gasteiger partial charge in [0.2, 0.25) is 23.6 Å². The van der Waals surface area contributed by atoms with Gasteiger partial charge in [-0.05, 0) is 19.3 Å². The number of hydrogen-bond donors (Lipinski definition) is 7. The Kier molecular flexibility index (Phi) is 34.5. The maximum absolute atomic E-state index is 12.3. The zero-order chi connectivity index (χ0) is 40.8. The molecule has 0 radical (unpaired) electrons. The van der Waals surface area contributed by atoms with E-state index in [1.165, 1.54) is 38.5 Å². The highest BCUT2D eigenvalue weighted by molar-refractivity contribution is 5.84. The minimum Gasteiger partial charge on any atom is -0.481 e. The number of ether oxygens (including phenoxy) is 4. The molecule has 0 aromatic rings. The van der Waals surface area contributed by atoms with Gasteiger partial charge >= 0.3 is 17.9 Å². The third-order valence-corrected chi connectivity index (χ3v) is 8.12. The minimum absolute atomic E-state index is 0.0331. The summed E-state index contributed by atoms with van der Waals surface area (Å²) >= 11 is 0. The van der Waals surface area contributed by atoms with Crippen LogP contribution in [0, 0.1) is 0 Å². The first kappa shape index (κ1) is 51.1. The zero-order valence-corrected chi connectivity index (χ0v) is 32.4. The van der Waals surface area contributed by atoms with Gasteiger partial charge in [0.15, 0.2) is 0 Å². The van der Waals surface area contributed by atoms with E-state index in [0.29, 0.717) is 6.42 Å². The van der Waals surface area contributed by atoms with Crippen molar-refractivity contribution in [2.24, 2.45) is 0 Å². The van der Waals surface area contributed by atoms with Crippen molar-refractivity contribution in [2.45, 2.75) is 122 Å². The molecule has 18 heteroatoms. The molecule has 0 spiro atoms. The molecule has 18 nitrogen and oxygen atoms in total. The smallest absolute Gasteiger partial charge is 0.326 e. The van der Waals surface area contributed by atoms with Gasteiger partial charge < -0.3 is 55.5 Å². The van der Waals surface area contributed by atoms with Crippen LogP contribution in [0.25, 0.3) is 0 Å². The average Bonchev–Trinajstić information content (AvgIpc) is 3.14. The lowest BCUT2D eigenvalue weighted by Crippen LogP contribution is -2.41. The van der Waals surface area contributed by atoms with Crippen LogP contribution in [0.4, 0.5) is 0 Å². The fourth-order valence-corrected chi connectivity index (χ4v) is 5.14. The summed E-state index contributed by atoms with van der Waals surface area (Å²) in [7, 11) is 0. The fourth-order valence-electron chi connectivity index (χ4n) is 5.14. The van der Waals surface area contributed by atoms with Crippen molar-refractivity contribution in [3.05, 3.63) is 0 Å². The summed E-state index contributed by atoms with van der Waals surface area (Å²) < 4.78 is 20.9. The number of carbonyl (C=O) groups excluding carboxylic acids is 4. The van der Waals surface area contributed by atoms with Crippen LogP contribution >= 0.6 is 0 Å². The van der Waals surface area contributed by atoms with E-state index in [1.807, 2.05) is 0 Å². The third-order valence-electron chi connectivity index (χ3n) is 8.12. The summed E-state index contributed by atoms with van der Waals surface area (Å²) in [5.74, 6) is -4.65. The second kappa shape index (κ2) is 37.1. The summed E-state index contributed by atoms with van der Waals surface area (Å²) in [6.07, 6.45) is 15.4. The second-order valence-corrected chi connectivity index (χ2v) is 13.0. The molecular formula is C37H66N4O14. The molecule has 7 N–H and O–H groups in total. The average molecular weight is 791 g/mol. The third kappa shape index (κ3) is 38.2. The topological polar surface area (TPSA) is 265 Å². The van der Waals surface area contributed by atoms with Crippen molar-refractivity contribution in [3.8, 4) is 0 Å². The van der Waals surface area contributed by atoms with Crippen LogP contribution in [-0.2, 0) is 52.5 Å². The van der Waals surface area contributed by atoms with Gasteiger partial charge in [0.05, 0.1) is 39.6 Å². The lowest BCUT2D eigenvalue weighted by atomic mass is 10.0. The molecule has 318 valence electrons. The number of unbranched alkanes of at least 4 members (excludes halogenated alkanes) is 13. The van der Waals surface area contributed by atoms with Crippen LogP contribution in [0.5, 0.6) is 0 Å². The Morgan fingerprint density at radius 2 is 0.836 bits per heavy atom. The predicted octanol–water partition coefficient (Wildman–Crippen LogP) is 2.16. The number of nitrogens with one attached hydrogen (secondary N) is 4. The van der Waals surface area contributed by atoms with E-state index >= 15 is 0 Å². The van der Waals surface area contributed by atoms with Gasteiger partial charge in [0, 0.05) is 32.4 Å². The highest BCUT2D eigenvalue weighted by atomic mass is 16.5. The van der Waals surface area contributed by atoms with Gasteiger partial charge in [0.1, 0.15) is 25.8 Å². The Labute approximate surface area is 324 Å². The number of carboxylic acids is 3. The molecule has 0 aliphatic rings. The van der Waals surface area contributed by atoms with Gasteiger partial charge in [-0.1, -0.05) is 77.0 Å².